The number of Topliss-reactive ketones (excluding diaryl/α,β-unsaturated/α-hetero) is 1. The van der Waals surface area contributed by atoms with Gasteiger partial charge in [-0.05, 0) is 20.8 Å². The van der Waals surface area contributed by atoms with Gasteiger partial charge in [0.05, 0.1) is 18.8 Å². The summed E-state index contributed by atoms with van der Waals surface area (Å²) in [6, 6.07) is 0. The lowest BCUT2D eigenvalue weighted by atomic mass is 10.1. The van der Waals surface area contributed by atoms with E-state index in [2.05, 4.69) is 9.72 Å². The first-order chi connectivity index (χ1) is 8.93. The number of ether oxygens (including phenoxy) is 2. The van der Waals surface area contributed by atoms with E-state index in [1.807, 2.05) is 0 Å². The highest BCUT2D eigenvalue weighted by molar-refractivity contribution is 6.42. The molecular weight excluding hydrogens is 254 g/mol. The van der Waals surface area contributed by atoms with Gasteiger partial charge in [0.15, 0.2) is 0 Å². The third kappa shape index (κ3) is 2.93. The fourth-order valence-corrected chi connectivity index (χ4v) is 1.59. The molecule has 0 radical (unpaired) electrons. The number of aromatic amines is 1. The lowest BCUT2D eigenvalue weighted by Crippen LogP contribution is -2.20. The van der Waals surface area contributed by atoms with Crippen LogP contribution >= 0.6 is 0 Å². The number of aromatic nitrogens is 1. The fourth-order valence-electron chi connectivity index (χ4n) is 1.59. The van der Waals surface area contributed by atoms with Crippen LogP contribution < -0.4 is 0 Å². The summed E-state index contributed by atoms with van der Waals surface area (Å²) in [6.07, 6.45) is 0. The number of nitrogens with one attached hydrogen (secondary N) is 1. The van der Waals surface area contributed by atoms with Gasteiger partial charge in [-0.1, -0.05) is 0 Å². The van der Waals surface area contributed by atoms with E-state index in [9.17, 15) is 19.5 Å². The molecule has 0 spiro atoms. The van der Waals surface area contributed by atoms with Crippen molar-refractivity contribution in [2.45, 2.75) is 20.8 Å². The summed E-state index contributed by atoms with van der Waals surface area (Å²) in [7, 11) is 0. The summed E-state index contributed by atoms with van der Waals surface area (Å²) >= 11 is 0. The molecule has 1 aromatic rings. The maximum absolute atomic E-state index is 11.8. The zero-order valence-electron chi connectivity index (χ0n) is 10.9. The quantitative estimate of drug-likeness (QED) is 0.468. The number of rotatable bonds is 5. The Labute approximate surface area is 109 Å². The Morgan fingerprint density at radius 1 is 1.11 bits per heavy atom. The van der Waals surface area contributed by atoms with Crippen LogP contribution in [0.15, 0.2) is 0 Å². The van der Waals surface area contributed by atoms with Crippen molar-refractivity contribution in [3.63, 3.8) is 0 Å². The monoisotopic (exact) mass is 269 g/mol. The van der Waals surface area contributed by atoms with Crippen molar-refractivity contribution in [2.75, 3.05) is 13.2 Å². The van der Waals surface area contributed by atoms with Crippen molar-refractivity contribution < 1.29 is 29.0 Å². The molecule has 0 aliphatic heterocycles. The van der Waals surface area contributed by atoms with E-state index in [1.54, 1.807) is 13.8 Å². The second kappa shape index (κ2) is 6.03. The number of esters is 2. The molecule has 7 nitrogen and oxygen atoms in total. The van der Waals surface area contributed by atoms with E-state index in [4.69, 9.17) is 4.74 Å². The number of carbonyl (C=O) groups excluding carboxylic acids is 3. The summed E-state index contributed by atoms with van der Waals surface area (Å²) in [6.45, 7) is 4.75. The van der Waals surface area contributed by atoms with E-state index in [-0.39, 0.29) is 24.5 Å². The zero-order chi connectivity index (χ0) is 14.6. The van der Waals surface area contributed by atoms with Gasteiger partial charge in [-0.15, -0.1) is 0 Å². The van der Waals surface area contributed by atoms with Gasteiger partial charge in [0.25, 0.3) is 5.78 Å². The second-order valence-electron chi connectivity index (χ2n) is 3.62. The molecule has 1 heterocycles. The Hall–Kier alpha value is -2.31. The van der Waals surface area contributed by atoms with Crippen molar-refractivity contribution in [3.8, 4) is 5.88 Å². The highest BCUT2D eigenvalue weighted by Gasteiger charge is 2.31. The number of hydrogen-bond donors (Lipinski definition) is 2. The second-order valence-corrected chi connectivity index (χ2v) is 3.62. The largest absolute Gasteiger partial charge is 0.494 e. The summed E-state index contributed by atoms with van der Waals surface area (Å²) in [5, 5.41) is 9.62. The molecular formula is C12H15NO6. The first kappa shape index (κ1) is 14.7. The first-order valence-corrected chi connectivity index (χ1v) is 5.74. The molecule has 0 unspecified atom stereocenters. The smallest absolute Gasteiger partial charge is 0.379 e. The molecule has 2 N–H and O–H groups in total. The molecule has 0 bridgehead atoms. The molecule has 0 aromatic carbocycles. The number of aromatic hydroxyl groups is 1. The minimum Gasteiger partial charge on any atom is -0.494 e. The van der Waals surface area contributed by atoms with E-state index < -0.39 is 29.2 Å². The van der Waals surface area contributed by atoms with Crippen molar-refractivity contribution in [2.24, 2.45) is 0 Å². The Morgan fingerprint density at radius 2 is 1.68 bits per heavy atom. The third-order valence-electron chi connectivity index (χ3n) is 2.34. The summed E-state index contributed by atoms with van der Waals surface area (Å²) < 4.78 is 9.33. The normalized spacial score (nSPS) is 10.1. The Bertz CT molecular complexity index is 517. The first-order valence-electron chi connectivity index (χ1n) is 5.74. The molecule has 19 heavy (non-hydrogen) atoms. The highest BCUT2D eigenvalue weighted by atomic mass is 16.5. The van der Waals surface area contributed by atoms with Crippen molar-refractivity contribution >= 4 is 17.7 Å². The molecule has 7 heteroatoms. The Kier molecular flexibility index (Phi) is 4.68. The summed E-state index contributed by atoms with van der Waals surface area (Å²) in [5.41, 5.74) is -0.338. The van der Waals surface area contributed by atoms with Crippen LogP contribution in [0.3, 0.4) is 0 Å². The van der Waals surface area contributed by atoms with Crippen molar-refractivity contribution in [3.05, 3.63) is 16.8 Å². The van der Waals surface area contributed by atoms with Crippen LogP contribution in [-0.2, 0) is 14.3 Å². The fraction of sp³-hybridized carbons (Fsp3) is 0.417. The number of ketones is 1. The van der Waals surface area contributed by atoms with Crippen LogP contribution in [0, 0.1) is 6.92 Å². The van der Waals surface area contributed by atoms with Gasteiger partial charge in [-0.3, -0.25) is 4.79 Å². The Balaban J connectivity index is 3.23. The van der Waals surface area contributed by atoms with E-state index in [0.29, 0.717) is 0 Å². The maximum atomic E-state index is 11.8. The predicted octanol–water partition coefficient (Wildman–Crippen LogP) is 0.951. The lowest BCUT2D eigenvalue weighted by Gasteiger charge is -2.04. The van der Waals surface area contributed by atoms with Gasteiger partial charge in [-0.25, -0.2) is 9.59 Å². The summed E-state index contributed by atoms with van der Waals surface area (Å²) in [4.78, 5) is 37.4. The molecule has 0 fully saturated rings. The van der Waals surface area contributed by atoms with Crippen LogP contribution in [0.25, 0.3) is 0 Å². The average molecular weight is 269 g/mol. The van der Waals surface area contributed by atoms with E-state index in [1.165, 1.54) is 6.92 Å². The molecule has 104 valence electrons. The number of hydrogen-bond acceptors (Lipinski definition) is 6. The van der Waals surface area contributed by atoms with Crippen LogP contribution in [0.2, 0.25) is 0 Å². The van der Waals surface area contributed by atoms with Gasteiger partial charge in [0.1, 0.15) is 5.56 Å². The minimum absolute atomic E-state index is 0.0173. The molecule has 0 saturated heterocycles. The number of carbonyl (C=O) groups is 3. The van der Waals surface area contributed by atoms with Crippen LogP contribution in [-0.4, -0.2) is 41.0 Å². The van der Waals surface area contributed by atoms with Crippen molar-refractivity contribution in [1.29, 1.82) is 0 Å². The number of aryl methyl sites for hydroxylation is 1. The number of H-pyrrole nitrogens is 1. The molecule has 0 amide bonds. The van der Waals surface area contributed by atoms with Gasteiger partial charge in [0.2, 0.25) is 5.88 Å². The minimum atomic E-state index is -1.14. The molecule has 1 rings (SSSR count). The van der Waals surface area contributed by atoms with E-state index in [0.717, 1.165) is 0 Å². The molecule has 0 saturated carbocycles. The maximum Gasteiger partial charge on any atom is 0.379 e. The van der Waals surface area contributed by atoms with Crippen LogP contribution in [0.5, 0.6) is 5.88 Å². The zero-order valence-corrected chi connectivity index (χ0v) is 10.9. The average Bonchev–Trinajstić information content (AvgIpc) is 2.63. The van der Waals surface area contributed by atoms with Gasteiger partial charge < -0.3 is 19.6 Å². The van der Waals surface area contributed by atoms with Crippen LogP contribution in [0.1, 0.15) is 40.3 Å². The summed E-state index contributed by atoms with van der Waals surface area (Å²) in [5.74, 6) is -3.57. The lowest BCUT2D eigenvalue weighted by molar-refractivity contribution is -0.137. The molecule has 1 aromatic heterocycles. The van der Waals surface area contributed by atoms with Gasteiger partial charge >= 0.3 is 11.9 Å². The third-order valence-corrected chi connectivity index (χ3v) is 2.34. The molecule has 0 aliphatic carbocycles. The SMILES string of the molecule is CCOC(=O)C(=O)c1c(O)[nH]c(C)c1C(=O)OCC. The van der Waals surface area contributed by atoms with Gasteiger partial charge in [-0.2, -0.15) is 0 Å². The van der Waals surface area contributed by atoms with Crippen LogP contribution in [0.4, 0.5) is 0 Å². The standard InChI is InChI=1S/C12H15NO6/c1-4-18-11(16)7-6(3)13-10(15)8(7)9(14)12(17)19-5-2/h13,15H,4-5H2,1-3H3. The van der Waals surface area contributed by atoms with E-state index >= 15 is 0 Å². The highest BCUT2D eigenvalue weighted by Crippen LogP contribution is 2.25. The predicted molar refractivity (Wildman–Crippen MR) is 64.1 cm³/mol. The molecule has 0 atom stereocenters. The Morgan fingerprint density at radius 3 is 2.21 bits per heavy atom. The van der Waals surface area contributed by atoms with Gasteiger partial charge in [0, 0.05) is 5.69 Å². The van der Waals surface area contributed by atoms with Crippen molar-refractivity contribution in [1.82, 2.24) is 4.98 Å². The topological polar surface area (TPSA) is 106 Å². The molecule has 0 aliphatic rings.